The number of amides is 1. The van der Waals surface area contributed by atoms with Gasteiger partial charge in [-0.15, -0.1) is 10.2 Å². The van der Waals surface area contributed by atoms with Gasteiger partial charge < -0.3 is 13.9 Å². The summed E-state index contributed by atoms with van der Waals surface area (Å²) in [5.74, 6) is 2.88. The molecule has 4 heterocycles. The molecule has 7 heteroatoms. The Hall–Kier alpha value is -2.15. The maximum absolute atomic E-state index is 12.4. The average Bonchev–Trinajstić information content (AvgIpc) is 3.11. The van der Waals surface area contributed by atoms with Crippen LogP contribution < -0.4 is 0 Å². The van der Waals surface area contributed by atoms with Crippen molar-refractivity contribution < 1.29 is 9.21 Å². The number of carbonyl (C=O) groups is 1. The zero-order valence-electron chi connectivity index (χ0n) is 13.5. The third kappa shape index (κ3) is 2.35. The van der Waals surface area contributed by atoms with Gasteiger partial charge in [-0.1, -0.05) is 6.92 Å². The molecule has 2 aliphatic heterocycles. The van der Waals surface area contributed by atoms with Crippen LogP contribution in [0.3, 0.4) is 0 Å². The number of nitrogens with zero attached hydrogens (tertiary/aromatic N) is 5. The van der Waals surface area contributed by atoms with Crippen molar-refractivity contribution in [3.8, 4) is 0 Å². The number of aromatic nitrogens is 3. The van der Waals surface area contributed by atoms with E-state index < -0.39 is 0 Å². The molecule has 1 amide bonds. The van der Waals surface area contributed by atoms with E-state index in [-0.39, 0.29) is 5.91 Å². The summed E-state index contributed by atoms with van der Waals surface area (Å²) < 4.78 is 7.45. The molecule has 0 spiro atoms. The molecule has 0 aromatic carbocycles. The van der Waals surface area contributed by atoms with Crippen molar-refractivity contribution >= 4 is 5.91 Å². The number of carbonyl (C=O) groups excluding carboxylic acids is 1. The van der Waals surface area contributed by atoms with Crippen LogP contribution in [0.1, 0.15) is 34.7 Å². The van der Waals surface area contributed by atoms with Gasteiger partial charge in [0.1, 0.15) is 17.4 Å². The normalized spacial score (nSPS) is 18.8. The Balaban J connectivity index is 1.38. The van der Waals surface area contributed by atoms with Crippen LogP contribution in [0.5, 0.6) is 0 Å². The van der Waals surface area contributed by atoms with Crippen LogP contribution in [-0.2, 0) is 19.5 Å². The van der Waals surface area contributed by atoms with Gasteiger partial charge >= 0.3 is 0 Å². The van der Waals surface area contributed by atoms with Crippen molar-refractivity contribution in [1.29, 1.82) is 0 Å². The highest BCUT2D eigenvalue weighted by molar-refractivity contribution is 5.95. The van der Waals surface area contributed by atoms with Gasteiger partial charge in [-0.25, -0.2) is 0 Å². The molecule has 23 heavy (non-hydrogen) atoms. The Bertz CT molecular complexity index is 729. The van der Waals surface area contributed by atoms with Gasteiger partial charge in [0.25, 0.3) is 5.91 Å². The highest BCUT2D eigenvalue weighted by atomic mass is 16.3. The van der Waals surface area contributed by atoms with E-state index in [2.05, 4.69) is 26.6 Å². The molecule has 0 saturated carbocycles. The van der Waals surface area contributed by atoms with Crippen molar-refractivity contribution in [1.82, 2.24) is 24.6 Å². The van der Waals surface area contributed by atoms with Crippen LogP contribution >= 0.6 is 0 Å². The van der Waals surface area contributed by atoms with Crippen LogP contribution in [0.25, 0.3) is 0 Å². The lowest BCUT2D eigenvalue weighted by Gasteiger charge is -2.46. The summed E-state index contributed by atoms with van der Waals surface area (Å²) in [5.41, 5.74) is 0.675. The lowest BCUT2D eigenvalue weighted by atomic mass is 10.0. The first-order valence-corrected chi connectivity index (χ1v) is 8.15. The number of hydrogen-bond acceptors (Lipinski definition) is 5. The summed E-state index contributed by atoms with van der Waals surface area (Å²) in [6.07, 6.45) is 2.49. The smallest absolute Gasteiger partial charge is 0.257 e. The second kappa shape index (κ2) is 5.49. The van der Waals surface area contributed by atoms with E-state index in [0.29, 0.717) is 17.4 Å². The van der Waals surface area contributed by atoms with E-state index in [0.717, 1.165) is 50.8 Å². The molecule has 2 aliphatic rings. The molecule has 0 aliphatic carbocycles. The van der Waals surface area contributed by atoms with Crippen molar-refractivity contribution in [2.24, 2.45) is 0 Å². The molecule has 122 valence electrons. The van der Waals surface area contributed by atoms with Crippen LogP contribution in [0.15, 0.2) is 16.7 Å². The molecular formula is C16H21N5O2. The molecule has 1 saturated heterocycles. The Kier molecular flexibility index (Phi) is 3.45. The van der Waals surface area contributed by atoms with E-state index in [1.54, 1.807) is 12.3 Å². The van der Waals surface area contributed by atoms with Crippen LogP contribution in [0.4, 0.5) is 0 Å². The number of hydrogen-bond donors (Lipinski definition) is 0. The summed E-state index contributed by atoms with van der Waals surface area (Å²) in [6, 6.07) is 2.17. The molecule has 4 rings (SSSR count). The molecule has 0 unspecified atom stereocenters. The second-order valence-corrected chi connectivity index (χ2v) is 6.26. The molecule has 0 atom stereocenters. The monoisotopic (exact) mass is 315 g/mol. The Morgan fingerprint density at radius 1 is 1.35 bits per heavy atom. The van der Waals surface area contributed by atoms with Crippen LogP contribution in [-0.4, -0.2) is 56.1 Å². The molecule has 0 radical (unpaired) electrons. The third-order valence-corrected chi connectivity index (χ3v) is 4.93. The lowest BCUT2D eigenvalue weighted by molar-refractivity contribution is 0.0165. The maximum atomic E-state index is 12.4. The fourth-order valence-corrected chi connectivity index (χ4v) is 3.44. The van der Waals surface area contributed by atoms with Gasteiger partial charge in [0.15, 0.2) is 0 Å². The zero-order valence-corrected chi connectivity index (χ0v) is 13.5. The van der Waals surface area contributed by atoms with E-state index in [4.69, 9.17) is 4.42 Å². The van der Waals surface area contributed by atoms with Crippen molar-refractivity contribution in [3.63, 3.8) is 0 Å². The highest BCUT2D eigenvalue weighted by Crippen LogP contribution is 2.23. The molecule has 0 N–H and O–H groups in total. The summed E-state index contributed by atoms with van der Waals surface area (Å²) in [7, 11) is 0. The maximum Gasteiger partial charge on any atom is 0.257 e. The van der Waals surface area contributed by atoms with Gasteiger partial charge in [0.2, 0.25) is 0 Å². The minimum Gasteiger partial charge on any atom is -0.469 e. The number of rotatable bonds is 3. The average molecular weight is 315 g/mol. The van der Waals surface area contributed by atoms with E-state index in [1.807, 2.05) is 11.8 Å². The molecule has 7 nitrogen and oxygen atoms in total. The van der Waals surface area contributed by atoms with Gasteiger partial charge in [-0.05, 0) is 13.0 Å². The minimum atomic E-state index is 0.0703. The fraction of sp³-hybridized carbons (Fsp3) is 0.562. The molecular weight excluding hydrogens is 294 g/mol. The van der Waals surface area contributed by atoms with Gasteiger partial charge in [0.05, 0.1) is 18.4 Å². The predicted octanol–water partition coefficient (Wildman–Crippen LogP) is 1.08. The molecule has 0 bridgehead atoms. The summed E-state index contributed by atoms with van der Waals surface area (Å²) >= 11 is 0. The van der Waals surface area contributed by atoms with Crippen molar-refractivity contribution in [2.75, 3.05) is 19.6 Å². The number of aryl methyl sites for hydroxylation is 2. The summed E-state index contributed by atoms with van der Waals surface area (Å²) in [5, 5.41) is 8.56. The summed E-state index contributed by atoms with van der Waals surface area (Å²) in [4.78, 5) is 16.7. The quantitative estimate of drug-likeness (QED) is 0.848. The Morgan fingerprint density at radius 2 is 2.17 bits per heavy atom. The number of furan rings is 1. The van der Waals surface area contributed by atoms with E-state index in [1.165, 1.54) is 0 Å². The largest absolute Gasteiger partial charge is 0.469 e. The first-order chi connectivity index (χ1) is 11.2. The minimum absolute atomic E-state index is 0.0703. The van der Waals surface area contributed by atoms with Crippen LogP contribution in [0, 0.1) is 6.92 Å². The number of likely N-dealkylation sites (tertiary alicyclic amines) is 1. The topological polar surface area (TPSA) is 67.4 Å². The Labute approximate surface area is 134 Å². The van der Waals surface area contributed by atoms with Gasteiger partial charge in [0, 0.05) is 38.6 Å². The summed E-state index contributed by atoms with van der Waals surface area (Å²) in [6.45, 7) is 8.25. The first-order valence-electron chi connectivity index (χ1n) is 8.15. The predicted molar refractivity (Wildman–Crippen MR) is 82.9 cm³/mol. The van der Waals surface area contributed by atoms with Crippen molar-refractivity contribution in [3.05, 3.63) is 35.3 Å². The van der Waals surface area contributed by atoms with Gasteiger partial charge in [-0.3, -0.25) is 9.69 Å². The Morgan fingerprint density at radius 3 is 2.87 bits per heavy atom. The van der Waals surface area contributed by atoms with Crippen molar-refractivity contribution in [2.45, 2.75) is 39.4 Å². The second-order valence-electron chi connectivity index (χ2n) is 6.26. The highest BCUT2D eigenvalue weighted by Gasteiger charge is 2.37. The molecule has 2 aromatic rings. The molecule has 1 fully saturated rings. The standard InChI is InChI=1S/C16H21N5O2/c1-3-14-17-18-15-10-19(5-6-21(14)15)12-8-20(9-12)16(22)13-4-7-23-11(13)2/h4,7,12H,3,5-6,8-10H2,1-2H3. The first kappa shape index (κ1) is 14.4. The zero-order chi connectivity index (χ0) is 16.0. The lowest BCUT2D eigenvalue weighted by Crippen LogP contribution is -2.62. The SMILES string of the molecule is CCc1nnc2n1CCN(C1CN(C(=O)c3ccoc3C)C1)C2. The van der Waals surface area contributed by atoms with Crippen LogP contribution in [0.2, 0.25) is 0 Å². The van der Waals surface area contributed by atoms with E-state index in [9.17, 15) is 4.79 Å². The fourth-order valence-electron chi connectivity index (χ4n) is 3.44. The van der Waals surface area contributed by atoms with E-state index >= 15 is 0 Å². The van der Waals surface area contributed by atoms with Gasteiger partial charge in [-0.2, -0.15) is 0 Å². The third-order valence-electron chi connectivity index (χ3n) is 4.93. The number of fused-ring (bicyclic) bond motifs is 1. The molecule has 2 aromatic heterocycles.